The second kappa shape index (κ2) is 6.99. The third-order valence-electron chi connectivity index (χ3n) is 2.84. The molecule has 0 bridgehead atoms. The van der Waals surface area contributed by atoms with Gasteiger partial charge in [0.25, 0.3) is 0 Å². The van der Waals surface area contributed by atoms with Crippen molar-refractivity contribution in [2.75, 3.05) is 36.6 Å². The molecule has 1 atom stereocenters. The number of nitrogens with zero attached hydrogens (tertiary/aromatic N) is 1. The number of amides is 2. The summed E-state index contributed by atoms with van der Waals surface area (Å²) in [5.74, 6) is -0.579. The predicted molar refractivity (Wildman–Crippen MR) is 73.2 cm³/mol. The van der Waals surface area contributed by atoms with Gasteiger partial charge in [-0.15, -0.1) is 0 Å². The van der Waals surface area contributed by atoms with E-state index in [0.717, 1.165) is 0 Å². The van der Waals surface area contributed by atoms with Gasteiger partial charge in [-0.2, -0.15) is 11.8 Å². The number of carbonyl (C=O) groups excluding carboxylic acids is 1. The van der Waals surface area contributed by atoms with Crippen LogP contribution in [0.3, 0.4) is 0 Å². The van der Waals surface area contributed by atoms with Crippen LogP contribution in [0.1, 0.15) is 6.42 Å². The number of nitrogens with one attached hydrogen (secondary N) is 1. The molecule has 1 fully saturated rings. The smallest absolute Gasteiger partial charge is 0.326 e. The van der Waals surface area contributed by atoms with E-state index in [1.807, 2.05) is 6.26 Å². The number of sulfone groups is 1. The third-order valence-corrected chi connectivity index (χ3v) is 5.09. The lowest BCUT2D eigenvalue weighted by Gasteiger charge is -2.28. The first-order chi connectivity index (χ1) is 8.85. The SMILES string of the molecule is CSCC[C@H](NC(=O)N1CCS(=O)(=O)CC1)C(=O)O. The molecule has 110 valence electrons. The number of urea groups is 1. The standard InChI is InChI=1S/C10H18N2O5S2/c1-18-5-2-8(9(13)14)11-10(15)12-3-6-19(16,17)7-4-12/h8H,2-7H2,1H3,(H,11,15)(H,13,14)/t8-/m0/s1. The van der Waals surface area contributed by atoms with Gasteiger partial charge in [0.1, 0.15) is 6.04 Å². The van der Waals surface area contributed by atoms with Crippen LogP contribution in [0.5, 0.6) is 0 Å². The van der Waals surface area contributed by atoms with Crippen LogP contribution in [0.4, 0.5) is 4.79 Å². The molecule has 19 heavy (non-hydrogen) atoms. The summed E-state index contributed by atoms with van der Waals surface area (Å²) in [5, 5.41) is 11.4. The molecule has 1 aliphatic heterocycles. The molecule has 0 aromatic heterocycles. The Hall–Kier alpha value is -0.960. The van der Waals surface area contributed by atoms with Crippen molar-refractivity contribution in [3.05, 3.63) is 0 Å². The van der Waals surface area contributed by atoms with E-state index < -0.39 is 27.9 Å². The van der Waals surface area contributed by atoms with Crippen molar-refractivity contribution in [3.8, 4) is 0 Å². The lowest BCUT2D eigenvalue weighted by molar-refractivity contribution is -0.139. The van der Waals surface area contributed by atoms with Gasteiger partial charge in [0.05, 0.1) is 11.5 Å². The largest absolute Gasteiger partial charge is 0.480 e. The van der Waals surface area contributed by atoms with Gasteiger partial charge in [-0.1, -0.05) is 0 Å². The molecule has 7 nitrogen and oxygen atoms in total. The average Bonchev–Trinajstić information content (AvgIpc) is 2.33. The summed E-state index contributed by atoms with van der Waals surface area (Å²) < 4.78 is 22.5. The molecule has 0 unspecified atom stereocenters. The van der Waals surface area contributed by atoms with Crippen molar-refractivity contribution in [2.24, 2.45) is 0 Å². The van der Waals surface area contributed by atoms with Crippen LogP contribution >= 0.6 is 11.8 Å². The van der Waals surface area contributed by atoms with Crippen molar-refractivity contribution >= 4 is 33.6 Å². The highest BCUT2D eigenvalue weighted by Gasteiger charge is 2.27. The first-order valence-corrected chi connectivity index (χ1v) is 9.05. The van der Waals surface area contributed by atoms with Crippen molar-refractivity contribution in [3.63, 3.8) is 0 Å². The Morgan fingerprint density at radius 1 is 1.37 bits per heavy atom. The Labute approximate surface area is 116 Å². The van der Waals surface area contributed by atoms with E-state index in [-0.39, 0.29) is 24.6 Å². The van der Waals surface area contributed by atoms with Gasteiger partial charge in [-0.05, 0) is 18.4 Å². The molecule has 0 aromatic rings. The molecule has 1 aliphatic rings. The summed E-state index contributed by atoms with van der Waals surface area (Å²) in [6.07, 6.45) is 2.20. The first kappa shape index (κ1) is 16.1. The maximum Gasteiger partial charge on any atom is 0.326 e. The number of hydrogen-bond acceptors (Lipinski definition) is 5. The van der Waals surface area contributed by atoms with Crippen LogP contribution in [-0.4, -0.2) is 73.1 Å². The number of aliphatic carboxylic acids is 1. The molecule has 0 spiro atoms. The minimum absolute atomic E-state index is 0.0665. The van der Waals surface area contributed by atoms with E-state index in [0.29, 0.717) is 12.2 Å². The number of carboxylic acid groups (broad SMARTS) is 1. The highest BCUT2D eigenvalue weighted by Crippen LogP contribution is 2.06. The molecule has 9 heteroatoms. The van der Waals surface area contributed by atoms with Crippen LogP contribution in [-0.2, 0) is 14.6 Å². The van der Waals surface area contributed by atoms with Crippen LogP contribution in [0.15, 0.2) is 0 Å². The first-order valence-electron chi connectivity index (χ1n) is 5.83. The minimum Gasteiger partial charge on any atom is -0.480 e. The Kier molecular flexibility index (Phi) is 5.92. The normalized spacial score (nSPS) is 19.7. The van der Waals surface area contributed by atoms with Gasteiger partial charge < -0.3 is 15.3 Å². The zero-order valence-electron chi connectivity index (χ0n) is 10.7. The van der Waals surface area contributed by atoms with Gasteiger partial charge in [0.15, 0.2) is 9.84 Å². The second-order valence-corrected chi connectivity index (χ2v) is 7.55. The zero-order valence-corrected chi connectivity index (χ0v) is 12.3. The number of carboxylic acids is 1. The molecule has 1 saturated heterocycles. The molecule has 0 aliphatic carbocycles. The van der Waals surface area contributed by atoms with Crippen LogP contribution in [0.2, 0.25) is 0 Å². The van der Waals surface area contributed by atoms with E-state index in [4.69, 9.17) is 5.11 Å². The lowest BCUT2D eigenvalue weighted by atomic mass is 10.2. The Balaban J connectivity index is 2.51. The molecule has 0 radical (unpaired) electrons. The summed E-state index contributed by atoms with van der Waals surface area (Å²) in [4.78, 5) is 24.2. The maximum absolute atomic E-state index is 11.8. The molecule has 1 rings (SSSR count). The zero-order chi connectivity index (χ0) is 14.5. The monoisotopic (exact) mass is 310 g/mol. The summed E-state index contributed by atoms with van der Waals surface area (Å²) in [6, 6.07) is -1.44. The number of hydrogen-bond donors (Lipinski definition) is 2. The lowest BCUT2D eigenvalue weighted by Crippen LogP contribution is -2.52. The summed E-state index contributed by atoms with van der Waals surface area (Å²) >= 11 is 1.50. The van der Waals surface area contributed by atoms with Gasteiger partial charge in [0.2, 0.25) is 0 Å². The molecule has 1 heterocycles. The topological polar surface area (TPSA) is 104 Å². The van der Waals surface area contributed by atoms with E-state index in [1.54, 1.807) is 0 Å². The fourth-order valence-electron chi connectivity index (χ4n) is 1.65. The highest BCUT2D eigenvalue weighted by molar-refractivity contribution is 7.98. The fraction of sp³-hybridized carbons (Fsp3) is 0.800. The van der Waals surface area contributed by atoms with Gasteiger partial charge in [-0.25, -0.2) is 18.0 Å². The Bertz CT molecular complexity index is 423. The van der Waals surface area contributed by atoms with E-state index in [2.05, 4.69) is 5.32 Å². The number of rotatable bonds is 5. The Morgan fingerprint density at radius 2 is 1.95 bits per heavy atom. The van der Waals surface area contributed by atoms with Crippen LogP contribution in [0, 0.1) is 0 Å². The van der Waals surface area contributed by atoms with Crippen molar-refractivity contribution in [2.45, 2.75) is 12.5 Å². The summed E-state index contributed by atoms with van der Waals surface area (Å²) in [6.45, 7) is 0.228. The second-order valence-electron chi connectivity index (χ2n) is 4.26. The summed E-state index contributed by atoms with van der Waals surface area (Å²) in [7, 11) is -3.05. The van der Waals surface area contributed by atoms with Crippen LogP contribution < -0.4 is 5.32 Å². The summed E-state index contributed by atoms with van der Waals surface area (Å²) in [5.41, 5.74) is 0. The van der Waals surface area contributed by atoms with E-state index >= 15 is 0 Å². The maximum atomic E-state index is 11.8. The number of carbonyl (C=O) groups is 2. The van der Waals surface area contributed by atoms with E-state index in [9.17, 15) is 18.0 Å². The quantitative estimate of drug-likeness (QED) is 0.718. The van der Waals surface area contributed by atoms with E-state index in [1.165, 1.54) is 16.7 Å². The van der Waals surface area contributed by atoms with Gasteiger partial charge in [-0.3, -0.25) is 0 Å². The predicted octanol–water partition coefficient (Wildman–Crippen LogP) is -0.367. The third kappa shape index (κ3) is 5.27. The van der Waals surface area contributed by atoms with Gasteiger partial charge >= 0.3 is 12.0 Å². The van der Waals surface area contributed by atoms with Crippen LogP contribution in [0.25, 0.3) is 0 Å². The molecule has 0 aromatic carbocycles. The minimum atomic E-state index is -3.05. The van der Waals surface area contributed by atoms with Crippen molar-refractivity contribution in [1.29, 1.82) is 0 Å². The highest BCUT2D eigenvalue weighted by atomic mass is 32.2. The average molecular weight is 310 g/mol. The van der Waals surface area contributed by atoms with Gasteiger partial charge in [0, 0.05) is 13.1 Å². The Morgan fingerprint density at radius 3 is 2.42 bits per heavy atom. The van der Waals surface area contributed by atoms with Crippen molar-refractivity contribution < 1.29 is 23.1 Å². The molecular weight excluding hydrogens is 292 g/mol. The molecule has 2 amide bonds. The van der Waals surface area contributed by atoms with Crippen molar-refractivity contribution in [1.82, 2.24) is 10.2 Å². The fourth-order valence-corrected chi connectivity index (χ4v) is 3.32. The molecular formula is C10H18N2O5S2. The molecule has 2 N–H and O–H groups in total. The number of thioether (sulfide) groups is 1. The molecule has 0 saturated carbocycles.